The quantitative estimate of drug-likeness (QED) is 0.509. The van der Waals surface area contributed by atoms with E-state index < -0.39 is 5.97 Å². The first-order chi connectivity index (χ1) is 15.5. The number of halogens is 1. The Kier molecular flexibility index (Phi) is 6.99. The van der Waals surface area contributed by atoms with Gasteiger partial charge in [-0.25, -0.2) is 0 Å². The number of rotatable bonds is 9. The van der Waals surface area contributed by atoms with E-state index in [1.165, 1.54) is 31.7 Å². The number of nitrogens with one attached hydrogen (secondary N) is 1. The minimum atomic E-state index is -1.01. The normalized spacial score (nSPS) is 15.2. The highest BCUT2D eigenvalue weighted by Gasteiger charge is 2.24. The van der Waals surface area contributed by atoms with Gasteiger partial charge >= 0.3 is 5.97 Å². The third kappa shape index (κ3) is 5.62. The highest BCUT2D eigenvalue weighted by molar-refractivity contribution is 6.31. The van der Waals surface area contributed by atoms with Gasteiger partial charge in [0, 0.05) is 29.1 Å². The fraction of sp³-hybridized carbons (Fsp3) is 0.435. The molecule has 0 saturated heterocycles. The molecule has 0 aliphatic heterocycles. The molecule has 4 rings (SSSR count). The molecule has 2 heterocycles. The second-order valence-corrected chi connectivity index (χ2v) is 8.80. The molecule has 168 valence electrons. The van der Waals surface area contributed by atoms with Crippen molar-refractivity contribution in [3.05, 3.63) is 74.4 Å². The van der Waals surface area contributed by atoms with Crippen LogP contribution in [0.4, 0.5) is 0 Å². The van der Waals surface area contributed by atoms with Crippen LogP contribution in [0.1, 0.15) is 60.7 Å². The predicted octanol–water partition coefficient (Wildman–Crippen LogP) is 3.60. The first kappa shape index (κ1) is 22.2. The van der Waals surface area contributed by atoms with E-state index >= 15 is 0 Å². The summed E-state index contributed by atoms with van der Waals surface area (Å²) in [4.78, 5) is 26.8. The number of aromatic amines is 1. The second kappa shape index (κ2) is 10.1. The summed E-state index contributed by atoms with van der Waals surface area (Å²) in [6.07, 6.45) is 7.13. The summed E-state index contributed by atoms with van der Waals surface area (Å²) < 4.78 is 0. The van der Waals surface area contributed by atoms with Crippen LogP contribution >= 0.6 is 11.6 Å². The minimum absolute atomic E-state index is 0.0925. The zero-order chi connectivity index (χ0) is 22.5. The number of carbonyl (C=O) groups is 1. The molecule has 8 nitrogen and oxygen atoms in total. The molecule has 0 amide bonds. The van der Waals surface area contributed by atoms with E-state index in [9.17, 15) is 9.59 Å². The van der Waals surface area contributed by atoms with Gasteiger partial charge in [0.1, 0.15) is 0 Å². The van der Waals surface area contributed by atoms with Crippen LogP contribution in [-0.2, 0) is 24.2 Å². The molecule has 1 aliphatic carbocycles. The lowest BCUT2D eigenvalue weighted by Gasteiger charge is -2.22. The van der Waals surface area contributed by atoms with E-state index in [2.05, 4.69) is 26.5 Å². The van der Waals surface area contributed by atoms with Crippen LogP contribution in [0, 0.1) is 5.92 Å². The van der Waals surface area contributed by atoms with Crippen LogP contribution in [0.25, 0.3) is 0 Å². The van der Waals surface area contributed by atoms with Crippen LogP contribution in [0.2, 0.25) is 5.02 Å². The molecule has 9 heteroatoms. The molecular weight excluding hydrogens is 430 g/mol. The van der Waals surface area contributed by atoms with Crippen LogP contribution < -0.4 is 5.56 Å². The van der Waals surface area contributed by atoms with Crippen molar-refractivity contribution >= 4 is 17.6 Å². The molecule has 1 saturated carbocycles. The Balaban J connectivity index is 1.50. The third-order valence-electron chi connectivity index (χ3n) is 6.08. The van der Waals surface area contributed by atoms with E-state index in [0.29, 0.717) is 29.6 Å². The van der Waals surface area contributed by atoms with Crippen molar-refractivity contribution < 1.29 is 9.90 Å². The average Bonchev–Trinajstić information content (AvgIpc) is 3.43. The van der Waals surface area contributed by atoms with E-state index in [1.807, 2.05) is 18.2 Å². The number of nitrogens with zero attached hydrogens (tertiary/aromatic N) is 4. The molecular formula is C23H26ClN5O3. The molecule has 3 aromatic rings. The van der Waals surface area contributed by atoms with E-state index in [1.54, 1.807) is 6.07 Å². The monoisotopic (exact) mass is 455 g/mol. The van der Waals surface area contributed by atoms with Gasteiger partial charge in [-0.05, 0) is 47.2 Å². The number of carboxylic acid groups (broad SMARTS) is 1. The minimum Gasteiger partial charge on any atom is -0.480 e. The van der Waals surface area contributed by atoms with Crippen molar-refractivity contribution in [2.45, 2.75) is 57.4 Å². The van der Waals surface area contributed by atoms with Gasteiger partial charge in [0.05, 0.1) is 0 Å². The number of hydrogen-bond donors (Lipinski definition) is 2. The number of hydrogen-bond acceptors (Lipinski definition) is 5. The summed E-state index contributed by atoms with van der Waals surface area (Å²) in [7, 11) is 0. The number of benzene rings is 1. The fourth-order valence-corrected chi connectivity index (χ4v) is 4.77. The van der Waals surface area contributed by atoms with E-state index in [4.69, 9.17) is 16.7 Å². The highest BCUT2D eigenvalue weighted by Crippen LogP contribution is 2.38. The van der Waals surface area contributed by atoms with Gasteiger partial charge in [-0.15, -0.1) is 10.2 Å². The van der Waals surface area contributed by atoms with Gasteiger partial charge in [-0.2, -0.15) is 4.80 Å². The molecule has 0 spiro atoms. The molecule has 1 atom stereocenters. The molecule has 2 aromatic heterocycles. The summed E-state index contributed by atoms with van der Waals surface area (Å²) >= 11 is 6.64. The first-order valence-corrected chi connectivity index (χ1v) is 11.3. The number of carboxylic acids is 1. The number of aliphatic carboxylic acids is 1. The second-order valence-electron chi connectivity index (χ2n) is 8.39. The third-order valence-corrected chi connectivity index (χ3v) is 6.43. The van der Waals surface area contributed by atoms with E-state index in [0.717, 1.165) is 28.0 Å². The van der Waals surface area contributed by atoms with Crippen LogP contribution in [0.3, 0.4) is 0 Å². The number of aromatic nitrogens is 5. The molecule has 32 heavy (non-hydrogen) atoms. The van der Waals surface area contributed by atoms with Crippen LogP contribution in [0.5, 0.6) is 0 Å². The Bertz CT molecular complexity index is 1140. The number of H-pyrrole nitrogens is 1. The highest BCUT2D eigenvalue weighted by atomic mass is 35.5. The Hall–Kier alpha value is -3.00. The van der Waals surface area contributed by atoms with Crippen molar-refractivity contribution in [2.75, 3.05) is 0 Å². The molecule has 1 fully saturated rings. The van der Waals surface area contributed by atoms with Gasteiger partial charge in [-0.1, -0.05) is 55.5 Å². The van der Waals surface area contributed by atoms with Crippen molar-refractivity contribution in [3.63, 3.8) is 0 Å². The average molecular weight is 456 g/mol. The summed E-state index contributed by atoms with van der Waals surface area (Å²) in [5.41, 5.74) is 2.89. The maximum absolute atomic E-state index is 11.9. The largest absolute Gasteiger partial charge is 0.480 e. The molecule has 0 bridgehead atoms. The Morgan fingerprint density at radius 3 is 2.75 bits per heavy atom. The van der Waals surface area contributed by atoms with Gasteiger partial charge in [0.2, 0.25) is 5.56 Å². The molecule has 2 N–H and O–H groups in total. The lowest BCUT2D eigenvalue weighted by Crippen LogP contribution is -2.14. The fourth-order valence-electron chi connectivity index (χ4n) is 4.48. The Morgan fingerprint density at radius 2 is 2.03 bits per heavy atom. The molecule has 1 unspecified atom stereocenters. The summed E-state index contributed by atoms with van der Waals surface area (Å²) in [5, 5.41) is 21.2. The van der Waals surface area contributed by atoms with Crippen LogP contribution in [-0.4, -0.2) is 36.3 Å². The zero-order valence-corrected chi connectivity index (χ0v) is 18.5. The lowest BCUT2D eigenvalue weighted by atomic mass is 9.85. The maximum Gasteiger partial charge on any atom is 0.327 e. The van der Waals surface area contributed by atoms with Gasteiger partial charge < -0.3 is 10.1 Å². The van der Waals surface area contributed by atoms with Crippen LogP contribution in [0.15, 0.2) is 41.2 Å². The van der Waals surface area contributed by atoms with Crippen molar-refractivity contribution in [1.29, 1.82) is 0 Å². The predicted molar refractivity (Wildman–Crippen MR) is 120 cm³/mol. The van der Waals surface area contributed by atoms with E-state index in [-0.39, 0.29) is 18.0 Å². The van der Waals surface area contributed by atoms with Crippen molar-refractivity contribution in [3.8, 4) is 0 Å². The summed E-state index contributed by atoms with van der Waals surface area (Å²) in [5.74, 6) is 0.213. The number of aryl methyl sites for hydroxylation is 2. The number of tetrazole rings is 1. The van der Waals surface area contributed by atoms with Crippen molar-refractivity contribution in [1.82, 2.24) is 25.2 Å². The molecule has 1 aliphatic rings. The molecule has 0 radical (unpaired) electrons. The maximum atomic E-state index is 11.9. The lowest BCUT2D eigenvalue weighted by molar-refractivity contribution is -0.138. The van der Waals surface area contributed by atoms with Gasteiger partial charge in [0.15, 0.2) is 12.4 Å². The topological polar surface area (TPSA) is 114 Å². The molecule has 1 aromatic carbocycles. The number of pyridine rings is 1. The van der Waals surface area contributed by atoms with Crippen molar-refractivity contribution in [2.24, 2.45) is 5.92 Å². The van der Waals surface area contributed by atoms with Gasteiger partial charge in [0.25, 0.3) is 0 Å². The Labute approximate surface area is 190 Å². The van der Waals surface area contributed by atoms with Gasteiger partial charge in [-0.3, -0.25) is 9.59 Å². The standard InChI is InChI=1S/C23H26ClN5O3/c24-19-13-17(9-8-16(19)10-11-21-26-28-29(27-21)14-23(31)32)18(12-15-4-1-2-5-15)20-6-3-7-22(30)25-20/h3,6-9,13,15,18H,1-2,4-5,10-12,14H2,(H,25,30)(H,31,32). The Morgan fingerprint density at radius 1 is 1.22 bits per heavy atom. The zero-order valence-electron chi connectivity index (χ0n) is 17.7. The smallest absolute Gasteiger partial charge is 0.327 e. The SMILES string of the molecule is O=C(O)Cn1nnc(CCc2ccc(C(CC3CCCC3)c3cccc(=O)[nH]3)cc2Cl)n1. The summed E-state index contributed by atoms with van der Waals surface area (Å²) in [6.45, 7) is -0.313. The first-order valence-electron chi connectivity index (χ1n) is 10.9. The summed E-state index contributed by atoms with van der Waals surface area (Å²) in [6, 6.07) is 11.4.